The van der Waals surface area contributed by atoms with Crippen molar-refractivity contribution in [3.63, 3.8) is 0 Å². The summed E-state index contributed by atoms with van der Waals surface area (Å²) < 4.78 is 1.47. The van der Waals surface area contributed by atoms with Gasteiger partial charge in [0.1, 0.15) is 0 Å². The van der Waals surface area contributed by atoms with Crippen LogP contribution < -0.4 is 5.32 Å². The average Bonchev–Trinajstić information content (AvgIpc) is 2.88. The van der Waals surface area contributed by atoms with E-state index >= 15 is 0 Å². The van der Waals surface area contributed by atoms with Crippen molar-refractivity contribution in [2.45, 2.75) is 67.2 Å². The Morgan fingerprint density at radius 2 is 1.78 bits per heavy atom. The minimum absolute atomic E-state index is 0.137. The van der Waals surface area contributed by atoms with Crippen molar-refractivity contribution in [3.8, 4) is 0 Å². The molecule has 27 heavy (non-hydrogen) atoms. The Hall–Kier alpha value is -2.43. The maximum Gasteiger partial charge on any atom is 0.247 e. The van der Waals surface area contributed by atoms with Gasteiger partial charge in [-0.3, -0.25) is 9.59 Å². The highest BCUT2D eigenvalue weighted by Gasteiger charge is 2.17. The van der Waals surface area contributed by atoms with Gasteiger partial charge in [-0.05, 0) is 75.3 Å². The number of benzene rings is 1. The average molecular weight is 370 g/mol. The van der Waals surface area contributed by atoms with Crippen LogP contribution in [0.5, 0.6) is 0 Å². The summed E-state index contributed by atoms with van der Waals surface area (Å²) in [5.41, 5.74) is 6.02. The highest BCUT2D eigenvalue weighted by atomic mass is 16.2. The number of aromatic nitrogens is 2. The van der Waals surface area contributed by atoms with Crippen molar-refractivity contribution in [1.29, 1.82) is 0 Å². The van der Waals surface area contributed by atoms with E-state index in [0.717, 1.165) is 41.0 Å². The second-order valence-corrected chi connectivity index (χ2v) is 7.73. The van der Waals surface area contributed by atoms with Gasteiger partial charge in [-0.25, -0.2) is 4.68 Å². The fraction of sp³-hybridized carbons (Fsp3) is 0.500. The molecule has 2 aromatic rings. The van der Waals surface area contributed by atoms with Crippen LogP contribution in [-0.4, -0.2) is 21.6 Å². The monoisotopic (exact) mass is 369 g/mol. The summed E-state index contributed by atoms with van der Waals surface area (Å²) >= 11 is 0. The van der Waals surface area contributed by atoms with Gasteiger partial charge in [0, 0.05) is 24.2 Å². The van der Waals surface area contributed by atoms with Gasteiger partial charge in [-0.2, -0.15) is 5.10 Å². The van der Waals surface area contributed by atoms with Gasteiger partial charge in [-0.15, -0.1) is 0 Å². The number of anilines is 1. The van der Waals surface area contributed by atoms with E-state index in [2.05, 4.69) is 24.3 Å². The molecule has 0 aliphatic heterocycles. The van der Waals surface area contributed by atoms with Gasteiger partial charge >= 0.3 is 0 Å². The first-order chi connectivity index (χ1) is 12.7. The Kier molecular flexibility index (Phi) is 6.94. The third-order valence-electron chi connectivity index (χ3n) is 5.01. The van der Waals surface area contributed by atoms with Crippen molar-refractivity contribution in [2.75, 3.05) is 5.32 Å². The molecule has 1 amide bonds. The van der Waals surface area contributed by atoms with Crippen molar-refractivity contribution in [2.24, 2.45) is 5.92 Å². The van der Waals surface area contributed by atoms with E-state index in [1.807, 2.05) is 45.9 Å². The molecule has 0 aliphatic rings. The van der Waals surface area contributed by atoms with Crippen LogP contribution in [0, 0.1) is 33.6 Å². The normalized spacial score (nSPS) is 11.1. The minimum atomic E-state index is -0.159. The van der Waals surface area contributed by atoms with Crippen LogP contribution in [-0.2, 0) is 11.2 Å². The smallest absolute Gasteiger partial charge is 0.247 e. The van der Waals surface area contributed by atoms with Crippen LogP contribution in [0.3, 0.4) is 0 Å². The Balaban J connectivity index is 1.96. The van der Waals surface area contributed by atoms with Crippen LogP contribution in [0.2, 0.25) is 0 Å². The lowest BCUT2D eigenvalue weighted by molar-refractivity contribution is -0.116. The van der Waals surface area contributed by atoms with E-state index in [0.29, 0.717) is 5.92 Å². The maximum absolute atomic E-state index is 12.5. The molecule has 1 aromatic heterocycles. The highest BCUT2D eigenvalue weighted by molar-refractivity contribution is 5.93. The van der Waals surface area contributed by atoms with Gasteiger partial charge in [0.15, 0.2) is 0 Å². The number of nitrogens with zero attached hydrogens (tertiary/aromatic N) is 2. The zero-order valence-electron chi connectivity index (χ0n) is 17.3. The SMILES string of the molecule is Cc1ccc(NC(=O)CCC(=O)n2nc(C)c(CCC(C)C)c2C)cc1C. The zero-order chi connectivity index (χ0) is 20.1. The molecule has 2 rings (SSSR count). The first-order valence-electron chi connectivity index (χ1n) is 9.64. The van der Waals surface area contributed by atoms with Crippen LogP contribution in [0.15, 0.2) is 18.2 Å². The van der Waals surface area contributed by atoms with E-state index in [-0.39, 0.29) is 24.7 Å². The molecule has 1 heterocycles. The fourth-order valence-corrected chi connectivity index (χ4v) is 3.08. The molecule has 1 aromatic carbocycles. The van der Waals surface area contributed by atoms with E-state index in [1.165, 1.54) is 10.2 Å². The van der Waals surface area contributed by atoms with Gasteiger partial charge in [0.2, 0.25) is 11.8 Å². The predicted molar refractivity (Wildman–Crippen MR) is 109 cm³/mol. The highest BCUT2D eigenvalue weighted by Crippen LogP contribution is 2.18. The molecule has 0 unspecified atom stereocenters. The van der Waals surface area contributed by atoms with Gasteiger partial charge in [-0.1, -0.05) is 19.9 Å². The Morgan fingerprint density at radius 3 is 2.41 bits per heavy atom. The lowest BCUT2D eigenvalue weighted by atomic mass is 10.0. The molecule has 0 radical (unpaired) electrons. The van der Waals surface area contributed by atoms with Crippen molar-refractivity contribution >= 4 is 17.5 Å². The maximum atomic E-state index is 12.5. The number of carbonyl (C=O) groups excluding carboxylic acids is 2. The summed E-state index contributed by atoms with van der Waals surface area (Å²) in [6.07, 6.45) is 2.28. The molecule has 0 saturated heterocycles. The molecule has 0 aliphatic carbocycles. The number of hydrogen-bond acceptors (Lipinski definition) is 3. The first-order valence-corrected chi connectivity index (χ1v) is 9.64. The van der Waals surface area contributed by atoms with Crippen molar-refractivity contribution in [3.05, 3.63) is 46.3 Å². The molecular formula is C22H31N3O2. The number of amides is 1. The van der Waals surface area contributed by atoms with E-state index in [1.54, 1.807) is 0 Å². The summed E-state index contributed by atoms with van der Waals surface area (Å²) in [6.45, 7) is 12.3. The molecule has 0 saturated carbocycles. The predicted octanol–water partition coefficient (Wildman–Crippen LogP) is 4.76. The van der Waals surface area contributed by atoms with Crippen LogP contribution in [0.25, 0.3) is 0 Å². The number of aryl methyl sites for hydroxylation is 3. The molecule has 146 valence electrons. The second kappa shape index (κ2) is 8.98. The number of carbonyl (C=O) groups is 2. The molecule has 0 fully saturated rings. The quantitative estimate of drug-likeness (QED) is 0.765. The number of nitrogens with one attached hydrogen (secondary N) is 1. The summed E-state index contributed by atoms with van der Waals surface area (Å²) in [4.78, 5) is 24.7. The fourth-order valence-electron chi connectivity index (χ4n) is 3.08. The third-order valence-corrected chi connectivity index (χ3v) is 5.01. The lowest BCUT2D eigenvalue weighted by Crippen LogP contribution is -2.18. The van der Waals surface area contributed by atoms with Gasteiger partial charge in [0.25, 0.3) is 0 Å². The minimum Gasteiger partial charge on any atom is -0.326 e. The Labute approximate surface area is 162 Å². The molecule has 1 N–H and O–H groups in total. The van der Waals surface area contributed by atoms with Crippen molar-refractivity contribution in [1.82, 2.24) is 9.78 Å². The van der Waals surface area contributed by atoms with E-state index in [9.17, 15) is 9.59 Å². The molecule has 5 heteroatoms. The lowest BCUT2D eigenvalue weighted by Gasteiger charge is -2.08. The van der Waals surface area contributed by atoms with Gasteiger partial charge < -0.3 is 5.32 Å². The number of hydrogen-bond donors (Lipinski definition) is 1. The molecule has 5 nitrogen and oxygen atoms in total. The molecule has 0 atom stereocenters. The van der Waals surface area contributed by atoms with E-state index < -0.39 is 0 Å². The topological polar surface area (TPSA) is 64.0 Å². The Bertz CT molecular complexity index is 834. The van der Waals surface area contributed by atoms with Crippen molar-refractivity contribution < 1.29 is 9.59 Å². The zero-order valence-corrected chi connectivity index (χ0v) is 17.3. The second-order valence-electron chi connectivity index (χ2n) is 7.73. The third kappa shape index (κ3) is 5.52. The van der Waals surface area contributed by atoms with Gasteiger partial charge in [0.05, 0.1) is 5.69 Å². The van der Waals surface area contributed by atoms with Crippen LogP contribution in [0.4, 0.5) is 5.69 Å². The summed E-state index contributed by atoms with van der Waals surface area (Å²) in [7, 11) is 0. The largest absolute Gasteiger partial charge is 0.326 e. The standard InChI is InChI=1S/C22H31N3O2/c1-14(2)7-10-20-17(5)24-25(18(20)6)22(27)12-11-21(26)23-19-9-8-15(3)16(4)13-19/h8-9,13-14H,7,10-12H2,1-6H3,(H,23,26). The first kappa shape index (κ1) is 20.9. The Morgan fingerprint density at radius 1 is 1.07 bits per heavy atom. The molecular weight excluding hydrogens is 338 g/mol. The van der Waals surface area contributed by atoms with Crippen LogP contribution in [0.1, 0.15) is 66.0 Å². The summed E-state index contributed by atoms with van der Waals surface area (Å²) in [5, 5.41) is 7.27. The summed E-state index contributed by atoms with van der Waals surface area (Å²) in [5.74, 6) is 0.312. The molecule has 0 bridgehead atoms. The number of rotatable bonds is 7. The molecule has 0 spiro atoms. The van der Waals surface area contributed by atoms with Crippen LogP contribution >= 0.6 is 0 Å². The van der Waals surface area contributed by atoms with E-state index in [4.69, 9.17) is 0 Å². The summed E-state index contributed by atoms with van der Waals surface area (Å²) in [6, 6.07) is 5.80.